The summed E-state index contributed by atoms with van der Waals surface area (Å²) in [5, 5.41) is 9.35. The molecule has 1 aromatic heterocycles. The zero-order valence-corrected chi connectivity index (χ0v) is 9.74. The number of nitrogens with one attached hydrogen (secondary N) is 1. The summed E-state index contributed by atoms with van der Waals surface area (Å²) in [6.45, 7) is 2.16. The molecule has 0 radical (unpaired) electrons. The quantitative estimate of drug-likeness (QED) is 0.816. The molecule has 0 aliphatic carbocycles. The van der Waals surface area contributed by atoms with Gasteiger partial charge in [-0.15, -0.1) is 10.2 Å². The third kappa shape index (κ3) is 1.57. The molecule has 82 valence electrons. The molecule has 0 bridgehead atoms. The van der Waals surface area contributed by atoms with E-state index in [9.17, 15) is 0 Å². The van der Waals surface area contributed by atoms with Crippen LogP contribution in [0.4, 0.5) is 0 Å². The summed E-state index contributed by atoms with van der Waals surface area (Å²) in [6, 6.07) is 10.6. The standard InChI is InChI=1S/C11H12N4S/c1-8-7-16-11-13-12-10(15(11)14-8)9-5-3-2-4-6-9/h2-6,8,14H,7H2,1H3. The van der Waals surface area contributed by atoms with Crippen molar-refractivity contribution < 1.29 is 0 Å². The van der Waals surface area contributed by atoms with Crippen molar-refractivity contribution in [3.05, 3.63) is 30.3 Å². The maximum absolute atomic E-state index is 4.23. The van der Waals surface area contributed by atoms with Gasteiger partial charge in [0.1, 0.15) is 0 Å². The molecule has 5 heteroatoms. The second kappa shape index (κ2) is 3.83. The van der Waals surface area contributed by atoms with Crippen molar-refractivity contribution in [1.29, 1.82) is 0 Å². The summed E-state index contributed by atoms with van der Waals surface area (Å²) in [4.78, 5) is 0. The van der Waals surface area contributed by atoms with Gasteiger partial charge in [-0.1, -0.05) is 42.1 Å². The zero-order chi connectivity index (χ0) is 11.0. The van der Waals surface area contributed by atoms with Crippen LogP contribution in [0.15, 0.2) is 35.5 Å². The van der Waals surface area contributed by atoms with Crippen LogP contribution in [0.3, 0.4) is 0 Å². The molecule has 2 aromatic rings. The van der Waals surface area contributed by atoms with E-state index >= 15 is 0 Å². The minimum absolute atomic E-state index is 0.441. The predicted molar refractivity (Wildman–Crippen MR) is 65.0 cm³/mol. The fourth-order valence-electron chi connectivity index (χ4n) is 1.71. The van der Waals surface area contributed by atoms with Gasteiger partial charge in [-0.25, -0.2) is 4.68 Å². The molecular formula is C11H12N4S. The number of nitrogens with zero attached hydrogens (tertiary/aromatic N) is 3. The Bertz CT molecular complexity index is 494. The van der Waals surface area contributed by atoms with Gasteiger partial charge in [-0.2, -0.15) is 0 Å². The summed E-state index contributed by atoms with van der Waals surface area (Å²) in [5.74, 6) is 1.92. The number of benzene rings is 1. The molecule has 1 atom stereocenters. The van der Waals surface area contributed by atoms with Gasteiger partial charge in [0.15, 0.2) is 5.82 Å². The van der Waals surface area contributed by atoms with Gasteiger partial charge in [0.25, 0.3) is 0 Å². The van der Waals surface area contributed by atoms with E-state index in [-0.39, 0.29) is 0 Å². The van der Waals surface area contributed by atoms with E-state index in [0.717, 1.165) is 22.3 Å². The monoisotopic (exact) mass is 232 g/mol. The number of rotatable bonds is 1. The molecule has 16 heavy (non-hydrogen) atoms. The summed E-state index contributed by atoms with van der Waals surface area (Å²) in [6.07, 6.45) is 0. The Hall–Kier alpha value is -1.49. The first kappa shape index (κ1) is 9.72. The van der Waals surface area contributed by atoms with Crippen molar-refractivity contribution in [1.82, 2.24) is 14.9 Å². The van der Waals surface area contributed by atoms with Crippen molar-refractivity contribution >= 4 is 11.8 Å². The van der Waals surface area contributed by atoms with Crippen LogP contribution in [0.2, 0.25) is 0 Å². The Morgan fingerprint density at radius 3 is 2.94 bits per heavy atom. The lowest BCUT2D eigenvalue weighted by Gasteiger charge is -2.22. The van der Waals surface area contributed by atoms with Crippen LogP contribution < -0.4 is 5.43 Å². The van der Waals surface area contributed by atoms with Crippen molar-refractivity contribution in [2.24, 2.45) is 0 Å². The topological polar surface area (TPSA) is 42.7 Å². The van der Waals surface area contributed by atoms with E-state index in [1.807, 2.05) is 35.0 Å². The average Bonchev–Trinajstić information content (AvgIpc) is 2.73. The summed E-state index contributed by atoms with van der Waals surface area (Å²) >= 11 is 1.74. The number of hydrogen-bond donors (Lipinski definition) is 1. The van der Waals surface area contributed by atoms with E-state index in [1.165, 1.54) is 0 Å². The second-order valence-corrected chi connectivity index (χ2v) is 4.84. The molecule has 1 aromatic carbocycles. The average molecular weight is 232 g/mol. The van der Waals surface area contributed by atoms with Crippen molar-refractivity contribution in [2.75, 3.05) is 11.2 Å². The lowest BCUT2D eigenvalue weighted by Crippen LogP contribution is -2.32. The Labute approximate surface area is 98.0 Å². The highest BCUT2D eigenvalue weighted by Crippen LogP contribution is 2.26. The molecule has 1 aliphatic rings. The highest BCUT2D eigenvalue weighted by atomic mass is 32.2. The van der Waals surface area contributed by atoms with Gasteiger partial charge in [-0.05, 0) is 6.92 Å². The molecule has 1 N–H and O–H groups in total. The maximum atomic E-state index is 4.23. The van der Waals surface area contributed by atoms with E-state index < -0.39 is 0 Å². The predicted octanol–water partition coefficient (Wildman–Crippen LogP) is 1.98. The second-order valence-electron chi connectivity index (χ2n) is 3.85. The molecule has 2 heterocycles. The third-order valence-corrected chi connectivity index (χ3v) is 3.67. The largest absolute Gasteiger partial charge is 0.318 e. The molecule has 0 spiro atoms. The SMILES string of the molecule is CC1CSc2nnc(-c3ccccc3)n2N1. The first-order chi connectivity index (χ1) is 7.84. The summed E-state index contributed by atoms with van der Waals surface area (Å²) < 4.78 is 1.98. The first-order valence-electron chi connectivity index (χ1n) is 5.25. The highest BCUT2D eigenvalue weighted by Gasteiger charge is 2.20. The minimum atomic E-state index is 0.441. The van der Waals surface area contributed by atoms with Crippen molar-refractivity contribution in [3.63, 3.8) is 0 Å². The van der Waals surface area contributed by atoms with Gasteiger partial charge in [0.2, 0.25) is 5.16 Å². The fraction of sp³-hybridized carbons (Fsp3) is 0.273. The van der Waals surface area contributed by atoms with E-state index in [0.29, 0.717) is 6.04 Å². The molecule has 1 unspecified atom stereocenters. The molecule has 0 fully saturated rings. The molecular weight excluding hydrogens is 220 g/mol. The number of hydrogen-bond acceptors (Lipinski definition) is 4. The summed E-state index contributed by atoms with van der Waals surface area (Å²) in [5.41, 5.74) is 4.46. The summed E-state index contributed by atoms with van der Waals surface area (Å²) in [7, 11) is 0. The lowest BCUT2D eigenvalue weighted by atomic mass is 10.2. The van der Waals surface area contributed by atoms with Gasteiger partial charge >= 0.3 is 0 Å². The van der Waals surface area contributed by atoms with Crippen LogP contribution in [0.5, 0.6) is 0 Å². The van der Waals surface area contributed by atoms with Crippen molar-refractivity contribution in [3.8, 4) is 11.4 Å². The first-order valence-corrected chi connectivity index (χ1v) is 6.23. The normalized spacial score (nSPS) is 18.9. The van der Waals surface area contributed by atoms with Crippen LogP contribution in [-0.2, 0) is 0 Å². The van der Waals surface area contributed by atoms with Crippen LogP contribution in [-0.4, -0.2) is 26.7 Å². The molecule has 0 amide bonds. The van der Waals surface area contributed by atoms with Gasteiger partial charge in [-0.3, -0.25) is 0 Å². The Morgan fingerprint density at radius 1 is 1.31 bits per heavy atom. The van der Waals surface area contributed by atoms with Gasteiger partial charge in [0, 0.05) is 17.4 Å². The third-order valence-electron chi connectivity index (χ3n) is 2.48. The van der Waals surface area contributed by atoms with E-state index in [2.05, 4.69) is 22.5 Å². The molecule has 1 aliphatic heterocycles. The fourth-order valence-corrected chi connectivity index (χ4v) is 2.55. The van der Waals surface area contributed by atoms with Gasteiger partial charge in [0.05, 0.1) is 0 Å². The highest BCUT2D eigenvalue weighted by molar-refractivity contribution is 7.99. The van der Waals surface area contributed by atoms with Crippen LogP contribution in [0.1, 0.15) is 6.92 Å². The smallest absolute Gasteiger partial charge is 0.210 e. The Balaban J connectivity index is 2.07. The Morgan fingerprint density at radius 2 is 2.12 bits per heavy atom. The number of aromatic nitrogens is 3. The molecule has 0 saturated carbocycles. The Kier molecular flexibility index (Phi) is 2.32. The van der Waals surface area contributed by atoms with Crippen molar-refractivity contribution in [2.45, 2.75) is 18.1 Å². The van der Waals surface area contributed by atoms with E-state index in [1.54, 1.807) is 11.8 Å². The minimum Gasteiger partial charge on any atom is -0.318 e. The number of fused-ring (bicyclic) bond motifs is 1. The van der Waals surface area contributed by atoms with Crippen LogP contribution in [0, 0.1) is 0 Å². The maximum Gasteiger partial charge on any atom is 0.210 e. The van der Waals surface area contributed by atoms with Crippen LogP contribution in [0.25, 0.3) is 11.4 Å². The number of thioether (sulfide) groups is 1. The zero-order valence-electron chi connectivity index (χ0n) is 8.92. The lowest BCUT2D eigenvalue weighted by molar-refractivity contribution is 0.672. The van der Waals surface area contributed by atoms with Crippen LogP contribution >= 0.6 is 11.8 Å². The molecule has 4 nitrogen and oxygen atoms in total. The van der Waals surface area contributed by atoms with Gasteiger partial charge < -0.3 is 5.43 Å². The molecule has 3 rings (SSSR count). The molecule has 0 saturated heterocycles. The van der Waals surface area contributed by atoms with E-state index in [4.69, 9.17) is 0 Å².